The van der Waals surface area contributed by atoms with Gasteiger partial charge < -0.3 is 14.2 Å². The van der Waals surface area contributed by atoms with Gasteiger partial charge >= 0.3 is 5.97 Å². The summed E-state index contributed by atoms with van der Waals surface area (Å²) in [5.74, 6) is 0.505. The van der Waals surface area contributed by atoms with Crippen molar-refractivity contribution in [3.05, 3.63) is 136 Å². The molecule has 5 rings (SSSR count). The minimum absolute atomic E-state index is 0.167. The van der Waals surface area contributed by atoms with Gasteiger partial charge in [0.1, 0.15) is 12.4 Å². The minimum Gasteiger partial charge on any atom is -0.492 e. The SMILES string of the molecule is CCCc1ccc2c(c1)C(N(C)CCOc1ccc(CC(OCC)C(=O)OCC)cc1)c1cccc(CCc3ccccc3)c1CC2. The highest BCUT2D eigenvalue weighted by Crippen LogP contribution is 2.38. The summed E-state index contributed by atoms with van der Waals surface area (Å²) in [7, 11) is 2.24. The van der Waals surface area contributed by atoms with Crippen LogP contribution in [0, 0.1) is 0 Å². The van der Waals surface area contributed by atoms with Gasteiger partial charge in [-0.3, -0.25) is 4.90 Å². The van der Waals surface area contributed by atoms with E-state index < -0.39 is 6.10 Å². The van der Waals surface area contributed by atoms with Crippen LogP contribution in [0.4, 0.5) is 0 Å². The quantitative estimate of drug-likeness (QED) is 0.117. The zero-order valence-corrected chi connectivity index (χ0v) is 28.7. The maximum atomic E-state index is 12.3. The van der Waals surface area contributed by atoms with Gasteiger partial charge in [-0.15, -0.1) is 0 Å². The van der Waals surface area contributed by atoms with Crippen LogP contribution in [0.3, 0.4) is 0 Å². The molecule has 248 valence electrons. The molecule has 0 amide bonds. The van der Waals surface area contributed by atoms with E-state index in [4.69, 9.17) is 14.2 Å². The molecule has 0 radical (unpaired) electrons. The number of likely N-dealkylation sites (N-methyl/N-ethyl adjacent to an activating group) is 1. The smallest absolute Gasteiger partial charge is 0.335 e. The summed E-state index contributed by atoms with van der Waals surface area (Å²) in [6, 6.07) is 33.1. The number of aryl methyl sites for hydroxylation is 4. The van der Waals surface area contributed by atoms with Crippen LogP contribution in [-0.4, -0.2) is 50.4 Å². The van der Waals surface area contributed by atoms with Crippen LogP contribution in [-0.2, 0) is 52.8 Å². The second kappa shape index (κ2) is 17.3. The lowest BCUT2D eigenvalue weighted by atomic mass is 9.88. The molecule has 0 spiro atoms. The third kappa shape index (κ3) is 9.12. The second-order valence-corrected chi connectivity index (χ2v) is 12.5. The first-order valence-corrected chi connectivity index (χ1v) is 17.5. The summed E-state index contributed by atoms with van der Waals surface area (Å²) in [6.45, 7) is 8.12. The summed E-state index contributed by atoms with van der Waals surface area (Å²) in [5.41, 5.74) is 11.1. The molecule has 4 aromatic carbocycles. The van der Waals surface area contributed by atoms with E-state index in [1.807, 2.05) is 38.1 Å². The topological polar surface area (TPSA) is 48.0 Å². The predicted molar refractivity (Wildman–Crippen MR) is 190 cm³/mol. The number of hydrogen-bond donors (Lipinski definition) is 0. The number of hydrogen-bond acceptors (Lipinski definition) is 5. The van der Waals surface area contributed by atoms with Crippen LogP contribution in [0.2, 0.25) is 0 Å². The van der Waals surface area contributed by atoms with E-state index in [0.717, 1.165) is 56.4 Å². The van der Waals surface area contributed by atoms with Gasteiger partial charge in [0, 0.05) is 19.6 Å². The van der Waals surface area contributed by atoms with Crippen LogP contribution in [0.25, 0.3) is 0 Å². The summed E-state index contributed by atoms with van der Waals surface area (Å²) in [5, 5.41) is 0. The molecule has 5 nitrogen and oxygen atoms in total. The molecule has 0 aromatic heterocycles. The number of fused-ring (bicyclic) bond motifs is 2. The summed E-state index contributed by atoms with van der Waals surface area (Å²) < 4.78 is 17.1. The van der Waals surface area contributed by atoms with Gasteiger partial charge in [0.25, 0.3) is 0 Å². The Hall–Kier alpha value is -3.93. The van der Waals surface area contributed by atoms with Crippen molar-refractivity contribution >= 4 is 5.97 Å². The fraction of sp³-hybridized carbons (Fsp3) is 0.405. The third-order valence-electron chi connectivity index (χ3n) is 9.23. The standard InChI is InChI=1S/C42H51NO4/c1-5-12-32-18-22-35-23-26-37-34(21-17-31-13-9-8-10-14-31)15-11-16-38(37)41(39(35)29-32)43(4)27-28-47-36-24-19-33(20-25-36)30-40(45-6-2)42(44)46-7-3/h8-11,13-16,18-20,22,24-25,29,40-41H,5-7,12,17,21,23,26-28,30H2,1-4H3. The van der Waals surface area contributed by atoms with E-state index in [1.54, 1.807) is 0 Å². The van der Waals surface area contributed by atoms with Crippen molar-refractivity contribution in [2.45, 2.75) is 77.9 Å². The van der Waals surface area contributed by atoms with Gasteiger partial charge in [0.05, 0.1) is 12.6 Å². The van der Waals surface area contributed by atoms with Crippen molar-refractivity contribution in [2.75, 3.05) is 33.4 Å². The molecular formula is C42H51NO4. The molecule has 47 heavy (non-hydrogen) atoms. The molecule has 2 unspecified atom stereocenters. The average molecular weight is 634 g/mol. The summed E-state index contributed by atoms with van der Waals surface area (Å²) in [4.78, 5) is 14.8. The molecule has 2 atom stereocenters. The predicted octanol–water partition coefficient (Wildman–Crippen LogP) is 8.13. The van der Waals surface area contributed by atoms with Gasteiger partial charge in [-0.25, -0.2) is 4.79 Å². The first-order valence-electron chi connectivity index (χ1n) is 17.5. The fourth-order valence-corrected chi connectivity index (χ4v) is 6.87. The van der Waals surface area contributed by atoms with Gasteiger partial charge in [-0.2, -0.15) is 0 Å². The van der Waals surface area contributed by atoms with Crippen molar-refractivity contribution < 1.29 is 19.0 Å². The molecule has 0 saturated carbocycles. The molecule has 1 aliphatic rings. The number of nitrogens with zero attached hydrogens (tertiary/aromatic N) is 1. The molecule has 0 aliphatic heterocycles. The van der Waals surface area contributed by atoms with Gasteiger partial charge in [-0.05, 0) is 110 Å². The van der Waals surface area contributed by atoms with Crippen molar-refractivity contribution in [1.82, 2.24) is 4.90 Å². The molecule has 0 bridgehead atoms. The average Bonchev–Trinajstić information content (AvgIpc) is 3.25. The zero-order chi connectivity index (χ0) is 33.0. The highest BCUT2D eigenvalue weighted by atomic mass is 16.6. The molecule has 0 fully saturated rings. The van der Waals surface area contributed by atoms with Crippen molar-refractivity contribution in [2.24, 2.45) is 0 Å². The molecule has 0 heterocycles. The Morgan fingerprint density at radius 3 is 2.32 bits per heavy atom. The van der Waals surface area contributed by atoms with Crippen LogP contribution in [0.1, 0.15) is 77.7 Å². The van der Waals surface area contributed by atoms with E-state index in [9.17, 15) is 4.79 Å². The van der Waals surface area contributed by atoms with Crippen molar-refractivity contribution in [1.29, 1.82) is 0 Å². The first-order chi connectivity index (χ1) is 23.0. The summed E-state index contributed by atoms with van der Waals surface area (Å²) in [6.07, 6.45) is 6.34. The van der Waals surface area contributed by atoms with Crippen LogP contribution < -0.4 is 4.74 Å². The molecule has 4 aromatic rings. The number of rotatable bonds is 16. The van der Waals surface area contributed by atoms with E-state index in [-0.39, 0.29) is 12.0 Å². The maximum Gasteiger partial charge on any atom is 0.335 e. The number of carbonyl (C=O) groups is 1. The normalized spacial score (nSPS) is 14.6. The van der Waals surface area contributed by atoms with Gasteiger partial charge in [0.15, 0.2) is 6.10 Å². The maximum absolute atomic E-state index is 12.3. The largest absolute Gasteiger partial charge is 0.492 e. The van der Waals surface area contributed by atoms with Crippen LogP contribution in [0.15, 0.2) is 91.0 Å². The number of benzene rings is 4. The Morgan fingerprint density at radius 2 is 1.57 bits per heavy atom. The lowest BCUT2D eigenvalue weighted by Crippen LogP contribution is -2.30. The highest BCUT2D eigenvalue weighted by molar-refractivity contribution is 5.75. The van der Waals surface area contributed by atoms with E-state index in [1.165, 1.54) is 38.9 Å². The lowest BCUT2D eigenvalue weighted by molar-refractivity contribution is -0.156. The molecular weight excluding hydrogens is 582 g/mol. The molecule has 5 heteroatoms. The Labute approximate surface area is 281 Å². The third-order valence-corrected chi connectivity index (χ3v) is 9.23. The molecule has 1 aliphatic carbocycles. The fourth-order valence-electron chi connectivity index (χ4n) is 6.87. The molecule has 0 N–H and O–H groups in total. The Morgan fingerprint density at radius 1 is 0.787 bits per heavy atom. The lowest BCUT2D eigenvalue weighted by Gasteiger charge is -2.31. The Kier molecular flexibility index (Phi) is 12.7. The van der Waals surface area contributed by atoms with E-state index in [0.29, 0.717) is 26.2 Å². The highest BCUT2D eigenvalue weighted by Gasteiger charge is 2.28. The molecule has 0 saturated heterocycles. The van der Waals surface area contributed by atoms with E-state index in [2.05, 4.69) is 85.6 Å². The van der Waals surface area contributed by atoms with Crippen molar-refractivity contribution in [3.63, 3.8) is 0 Å². The number of carbonyl (C=O) groups excluding carboxylic acids is 1. The second-order valence-electron chi connectivity index (χ2n) is 12.5. The monoisotopic (exact) mass is 633 g/mol. The Balaban J connectivity index is 1.31. The van der Waals surface area contributed by atoms with Gasteiger partial charge in [0.2, 0.25) is 0 Å². The number of esters is 1. The van der Waals surface area contributed by atoms with Crippen molar-refractivity contribution in [3.8, 4) is 5.75 Å². The number of ether oxygens (including phenoxy) is 3. The van der Waals surface area contributed by atoms with Crippen LogP contribution in [0.5, 0.6) is 5.75 Å². The first kappa shape index (κ1) is 34.4. The zero-order valence-electron chi connectivity index (χ0n) is 28.7. The van der Waals surface area contributed by atoms with Crippen LogP contribution >= 0.6 is 0 Å². The minimum atomic E-state index is -0.595. The Bertz CT molecular complexity index is 1570. The van der Waals surface area contributed by atoms with E-state index >= 15 is 0 Å². The van der Waals surface area contributed by atoms with Gasteiger partial charge in [-0.1, -0.05) is 92.2 Å². The summed E-state index contributed by atoms with van der Waals surface area (Å²) >= 11 is 0.